The Kier molecular flexibility index (Phi) is 3.33. The van der Waals surface area contributed by atoms with Crippen LogP contribution in [-0.4, -0.2) is 19.7 Å². The molecule has 3 rings (SSSR count). The molecule has 0 saturated heterocycles. The summed E-state index contributed by atoms with van der Waals surface area (Å²) in [6.45, 7) is 4.94. The van der Waals surface area contributed by atoms with Crippen LogP contribution >= 0.6 is 0 Å². The third kappa shape index (κ3) is 2.47. The van der Waals surface area contributed by atoms with Crippen LogP contribution in [-0.2, 0) is 6.54 Å². The van der Waals surface area contributed by atoms with Gasteiger partial charge in [0.15, 0.2) is 5.65 Å². The van der Waals surface area contributed by atoms with Crippen LogP contribution in [0.3, 0.4) is 0 Å². The van der Waals surface area contributed by atoms with Gasteiger partial charge in [0.2, 0.25) is 0 Å². The van der Waals surface area contributed by atoms with Crippen LogP contribution in [0.1, 0.15) is 25.5 Å². The molecule has 1 N–H and O–H groups in total. The first-order chi connectivity index (χ1) is 9.74. The second kappa shape index (κ2) is 5.28. The highest BCUT2D eigenvalue weighted by Crippen LogP contribution is 2.19. The number of fused-ring (bicyclic) bond motifs is 1. The van der Waals surface area contributed by atoms with Crippen molar-refractivity contribution in [2.45, 2.75) is 26.4 Å². The molecule has 0 bridgehead atoms. The Morgan fingerprint density at radius 2 is 2.15 bits per heavy atom. The lowest BCUT2D eigenvalue weighted by Gasteiger charge is -2.08. The largest absolute Gasteiger partial charge is 0.380 e. The highest BCUT2D eigenvalue weighted by atomic mass is 15.3. The molecule has 0 aliphatic carbocycles. The van der Waals surface area contributed by atoms with Crippen molar-refractivity contribution < 1.29 is 0 Å². The topological polar surface area (TPSA) is 55.6 Å². The van der Waals surface area contributed by atoms with Gasteiger partial charge < -0.3 is 5.32 Å². The fraction of sp³-hybridized carbons (Fsp3) is 0.267. The fourth-order valence-corrected chi connectivity index (χ4v) is 2.12. The van der Waals surface area contributed by atoms with Gasteiger partial charge in [-0.05, 0) is 31.5 Å². The number of hydrogen-bond donors (Lipinski definition) is 1. The van der Waals surface area contributed by atoms with E-state index in [2.05, 4.69) is 40.3 Å². The summed E-state index contributed by atoms with van der Waals surface area (Å²) >= 11 is 0. The van der Waals surface area contributed by atoms with Crippen molar-refractivity contribution in [1.82, 2.24) is 19.7 Å². The number of anilines is 1. The Bertz CT molecular complexity index is 703. The molecule has 0 aromatic carbocycles. The summed E-state index contributed by atoms with van der Waals surface area (Å²) in [5, 5.41) is 8.77. The van der Waals surface area contributed by atoms with Gasteiger partial charge in [-0.15, -0.1) is 0 Å². The van der Waals surface area contributed by atoms with Gasteiger partial charge in [0.05, 0.1) is 18.1 Å². The average molecular weight is 267 g/mol. The van der Waals surface area contributed by atoms with Crippen LogP contribution in [0.25, 0.3) is 11.0 Å². The van der Waals surface area contributed by atoms with Crippen molar-refractivity contribution in [3.05, 3.63) is 48.5 Å². The first-order valence-electron chi connectivity index (χ1n) is 6.70. The third-order valence-electron chi connectivity index (χ3n) is 3.14. The van der Waals surface area contributed by atoms with E-state index in [0.717, 1.165) is 28.8 Å². The lowest BCUT2D eigenvalue weighted by molar-refractivity contribution is 0.546. The van der Waals surface area contributed by atoms with Gasteiger partial charge in [-0.25, -0.2) is 9.67 Å². The van der Waals surface area contributed by atoms with Crippen LogP contribution in [0.4, 0.5) is 5.69 Å². The molecule has 3 aromatic rings. The summed E-state index contributed by atoms with van der Waals surface area (Å²) < 4.78 is 1.93. The summed E-state index contributed by atoms with van der Waals surface area (Å²) in [5.74, 6) is 0. The summed E-state index contributed by atoms with van der Waals surface area (Å²) in [7, 11) is 0. The van der Waals surface area contributed by atoms with Gasteiger partial charge in [0.25, 0.3) is 0 Å². The number of hydrogen-bond acceptors (Lipinski definition) is 4. The molecule has 0 radical (unpaired) electrons. The maximum absolute atomic E-state index is 4.50. The van der Waals surface area contributed by atoms with E-state index in [9.17, 15) is 0 Å². The number of nitrogens with one attached hydrogen (secondary N) is 1. The molecule has 0 unspecified atom stereocenters. The van der Waals surface area contributed by atoms with Crippen molar-refractivity contribution in [3.63, 3.8) is 0 Å². The SMILES string of the molecule is CC(C)n1ncc2cc(NCc3cccnc3)cnc21. The Hall–Kier alpha value is -2.43. The summed E-state index contributed by atoms with van der Waals surface area (Å²) in [4.78, 5) is 8.60. The second-order valence-electron chi connectivity index (χ2n) is 5.03. The maximum Gasteiger partial charge on any atom is 0.158 e. The van der Waals surface area contributed by atoms with E-state index in [1.54, 1.807) is 6.20 Å². The Balaban J connectivity index is 1.80. The van der Waals surface area contributed by atoms with E-state index >= 15 is 0 Å². The molecule has 102 valence electrons. The van der Waals surface area contributed by atoms with Crippen LogP contribution in [0.5, 0.6) is 0 Å². The highest BCUT2D eigenvalue weighted by Gasteiger charge is 2.07. The summed E-state index contributed by atoms with van der Waals surface area (Å²) in [5.41, 5.74) is 3.06. The summed E-state index contributed by atoms with van der Waals surface area (Å²) in [6.07, 6.45) is 7.34. The molecule has 3 heterocycles. The van der Waals surface area contributed by atoms with Crippen molar-refractivity contribution in [2.75, 3.05) is 5.32 Å². The molecule has 0 fully saturated rings. The Labute approximate surface area is 117 Å². The van der Waals surface area contributed by atoms with Gasteiger partial charge in [-0.2, -0.15) is 5.10 Å². The number of pyridine rings is 2. The molecule has 3 aromatic heterocycles. The standard InChI is InChI=1S/C15H17N5/c1-11(2)20-15-13(9-19-20)6-14(10-18-15)17-8-12-4-3-5-16-7-12/h3-7,9-11,17H,8H2,1-2H3. The lowest BCUT2D eigenvalue weighted by atomic mass is 10.2. The molecular formula is C15H17N5. The zero-order valence-corrected chi connectivity index (χ0v) is 11.6. The van der Waals surface area contributed by atoms with Crippen molar-refractivity contribution in [1.29, 1.82) is 0 Å². The minimum Gasteiger partial charge on any atom is -0.380 e. The highest BCUT2D eigenvalue weighted by molar-refractivity contribution is 5.78. The van der Waals surface area contributed by atoms with Crippen LogP contribution in [0, 0.1) is 0 Å². The zero-order valence-electron chi connectivity index (χ0n) is 11.6. The Morgan fingerprint density at radius 3 is 2.90 bits per heavy atom. The van der Waals surface area contributed by atoms with E-state index < -0.39 is 0 Å². The van der Waals surface area contributed by atoms with Gasteiger partial charge >= 0.3 is 0 Å². The predicted molar refractivity (Wildman–Crippen MR) is 79.5 cm³/mol. The molecular weight excluding hydrogens is 250 g/mol. The monoisotopic (exact) mass is 267 g/mol. The minimum atomic E-state index is 0.314. The van der Waals surface area contributed by atoms with E-state index in [1.165, 1.54) is 0 Å². The zero-order chi connectivity index (χ0) is 13.9. The average Bonchev–Trinajstić information content (AvgIpc) is 2.89. The lowest BCUT2D eigenvalue weighted by Crippen LogP contribution is -2.04. The van der Waals surface area contributed by atoms with Gasteiger partial charge in [-0.1, -0.05) is 6.07 Å². The fourth-order valence-electron chi connectivity index (χ4n) is 2.12. The normalized spacial score (nSPS) is 11.2. The van der Waals surface area contributed by atoms with E-state index in [4.69, 9.17) is 0 Å². The second-order valence-corrected chi connectivity index (χ2v) is 5.03. The first-order valence-corrected chi connectivity index (χ1v) is 6.70. The molecule has 0 atom stereocenters. The molecule has 0 saturated carbocycles. The molecule has 0 spiro atoms. The smallest absolute Gasteiger partial charge is 0.158 e. The minimum absolute atomic E-state index is 0.314. The molecule has 0 aliphatic rings. The number of nitrogens with zero attached hydrogens (tertiary/aromatic N) is 4. The molecule has 0 amide bonds. The maximum atomic E-state index is 4.50. The van der Waals surface area contributed by atoms with Gasteiger partial charge in [-0.3, -0.25) is 4.98 Å². The quantitative estimate of drug-likeness (QED) is 0.789. The number of aromatic nitrogens is 4. The van der Waals surface area contributed by atoms with Crippen LogP contribution in [0.15, 0.2) is 43.0 Å². The predicted octanol–water partition coefficient (Wildman–Crippen LogP) is 3.02. The molecule has 20 heavy (non-hydrogen) atoms. The summed E-state index contributed by atoms with van der Waals surface area (Å²) in [6, 6.07) is 6.37. The Morgan fingerprint density at radius 1 is 1.25 bits per heavy atom. The van der Waals surface area contributed by atoms with E-state index in [0.29, 0.717) is 6.04 Å². The van der Waals surface area contributed by atoms with Crippen molar-refractivity contribution in [3.8, 4) is 0 Å². The number of rotatable bonds is 4. The molecule has 5 heteroatoms. The molecule has 0 aliphatic heterocycles. The van der Waals surface area contributed by atoms with Crippen molar-refractivity contribution >= 4 is 16.7 Å². The van der Waals surface area contributed by atoms with E-state index in [-0.39, 0.29) is 0 Å². The third-order valence-corrected chi connectivity index (χ3v) is 3.14. The first kappa shape index (κ1) is 12.6. The van der Waals surface area contributed by atoms with Gasteiger partial charge in [0.1, 0.15) is 0 Å². The van der Waals surface area contributed by atoms with E-state index in [1.807, 2.05) is 35.4 Å². The van der Waals surface area contributed by atoms with Crippen molar-refractivity contribution in [2.24, 2.45) is 0 Å². The molecule has 5 nitrogen and oxygen atoms in total. The van der Waals surface area contributed by atoms with Gasteiger partial charge in [0, 0.05) is 30.4 Å². The van der Waals surface area contributed by atoms with Crippen LogP contribution in [0.2, 0.25) is 0 Å². The van der Waals surface area contributed by atoms with Crippen LogP contribution < -0.4 is 5.32 Å².